The minimum Gasteiger partial charge on any atom is -0.462 e. The van der Waals surface area contributed by atoms with Gasteiger partial charge in [0.05, 0.1) is 18.7 Å². The third-order valence-corrected chi connectivity index (χ3v) is 5.40. The number of pyridine rings is 1. The summed E-state index contributed by atoms with van der Waals surface area (Å²) in [6.45, 7) is 8.82. The molecule has 0 saturated heterocycles. The first-order chi connectivity index (χ1) is 16.2. The number of ether oxygens (including phenoxy) is 2. The van der Waals surface area contributed by atoms with Crippen LogP contribution in [0.25, 0.3) is 10.9 Å². The van der Waals surface area contributed by atoms with Crippen molar-refractivity contribution in [1.82, 2.24) is 4.57 Å². The molecule has 0 radical (unpaired) electrons. The Morgan fingerprint density at radius 1 is 0.971 bits per heavy atom. The van der Waals surface area contributed by atoms with Crippen molar-refractivity contribution in [2.45, 2.75) is 47.6 Å². The molecule has 0 aliphatic rings. The molecule has 0 fully saturated rings. The summed E-state index contributed by atoms with van der Waals surface area (Å²) in [6, 6.07) is 7.30. The van der Waals surface area contributed by atoms with Crippen molar-refractivity contribution in [3.05, 3.63) is 62.6 Å². The van der Waals surface area contributed by atoms with Crippen LogP contribution in [-0.2, 0) is 20.8 Å². The molecular formula is C25H28N2O7. The Bertz CT molecular complexity index is 1320. The fourth-order valence-corrected chi connectivity index (χ4v) is 3.89. The molecule has 0 spiro atoms. The number of aromatic nitrogens is 1. The van der Waals surface area contributed by atoms with E-state index < -0.39 is 17.8 Å². The first kappa shape index (κ1) is 24.8. The molecule has 0 unspecified atom stereocenters. The Morgan fingerprint density at radius 3 is 2.26 bits per heavy atom. The number of para-hydroxylation sites is 1. The van der Waals surface area contributed by atoms with Gasteiger partial charge in [-0.15, -0.1) is 0 Å². The van der Waals surface area contributed by atoms with Gasteiger partial charge in [0, 0.05) is 24.4 Å². The summed E-state index contributed by atoms with van der Waals surface area (Å²) >= 11 is 0. The highest BCUT2D eigenvalue weighted by Crippen LogP contribution is 2.29. The fraction of sp³-hybridized carbons (Fsp3) is 0.360. The average molecular weight is 469 g/mol. The Kier molecular flexibility index (Phi) is 7.55. The van der Waals surface area contributed by atoms with Crippen LogP contribution in [0.15, 0.2) is 33.5 Å². The van der Waals surface area contributed by atoms with Crippen LogP contribution in [0.3, 0.4) is 0 Å². The number of hydrogen-bond donors (Lipinski definition) is 1. The van der Waals surface area contributed by atoms with Crippen LogP contribution in [0, 0.1) is 20.8 Å². The summed E-state index contributed by atoms with van der Waals surface area (Å²) in [4.78, 5) is 50.4. The fourth-order valence-electron chi connectivity index (χ4n) is 3.89. The largest absolute Gasteiger partial charge is 0.462 e. The number of fused-ring (bicyclic) bond motifs is 1. The summed E-state index contributed by atoms with van der Waals surface area (Å²) in [5.41, 5.74) is 2.06. The van der Waals surface area contributed by atoms with E-state index >= 15 is 0 Å². The molecule has 34 heavy (non-hydrogen) atoms. The molecule has 180 valence electrons. The van der Waals surface area contributed by atoms with Gasteiger partial charge in [-0.1, -0.05) is 18.2 Å². The second kappa shape index (κ2) is 10.4. The quantitative estimate of drug-likeness (QED) is 0.498. The van der Waals surface area contributed by atoms with Gasteiger partial charge in [-0.25, -0.2) is 9.59 Å². The van der Waals surface area contributed by atoms with Gasteiger partial charge in [0.2, 0.25) is 11.8 Å². The number of carbonyl (C=O) groups is 3. The maximum Gasteiger partial charge on any atom is 0.344 e. The Labute approximate surface area is 196 Å². The minimum atomic E-state index is -0.811. The lowest BCUT2D eigenvalue weighted by atomic mass is 10.1. The highest BCUT2D eigenvalue weighted by atomic mass is 16.5. The minimum absolute atomic E-state index is 0.0663. The van der Waals surface area contributed by atoms with Gasteiger partial charge in [0.15, 0.2) is 0 Å². The molecule has 0 saturated carbocycles. The molecule has 2 aromatic heterocycles. The SMILES string of the molecule is CCOC(=O)c1c(C)oc(NC(=O)CCn2c(=O)cc(C)c3cccc(C)c32)c1C(=O)OCC. The van der Waals surface area contributed by atoms with Gasteiger partial charge < -0.3 is 18.5 Å². The third-order valence-electron chi connectivity index (χ3n) is 5.40. The molecule has 0 bridgehead atoms. The van der Waals surface area contributed by atoms with E-state index in [9.17, 15) is 19.2 Å². The van der Waals surface area contributed by atoms with Gasteiger partial charge in [-0.3, -0.25) is 14.9 Å². The van der Waals surface area contributed by atoms with E-state index in [-0.39, 0.29) is 54.5 Å². The zero-order valence-corrected chi connectivity index (χ0v) is 19.9. The number of nitrogens with zero attached hydrogens (tertiary/aromatic N) is 1. The molecule has 0 aliphatic heterocycles. The number of rotatable bonds is 8. The number of furan rings is 1. The summed E-state index contributed by atoms with van der Waals surface area (Å²) in [7, 11) is 0. The van der Waals surface area contributed by atoms with Gasteiger partial charge in [-0.05, 0) is 45.7 Å². The standard InChI is InChI=1S/C25H28N2O7/c1-6-32-24(30)20-16(5)34-23(21(20)25(31)33-7-2)26-18(28)11-12-27-19(29)13-15(4)17-10-8-9-14(3)22(17)27/h8-10,13H,6-7,11-12H2,1-5H3,(H,26,28). The molecule has 3 rings (SSSR count). The molecule has 1 amide bonds. The highest BCUT2D eigenvalue weighted by Gasteiger charge is 2.31. The maximum absolute atomic E-state index is 12.8. The van der Waals surface area contributed by atoms with Gasteiger partial charge >= 0.3 is 11.9 Å². The topological polar surface area (TPSA) is 117 Å². The van der Waals surface area contributed by atoms with E-state index in [1.165, 1.54) is 6.92 Å². The van der Waals surface area contributed by atoms with Crippen LogP contribution >= 0.6 is 0 Å². The molecule has 0 atom stereocenters. The molecule has 1 aromatic carbocycles. The van der Waals surface area contributed by atoms with Crippen LogP contribution < -0.4 is 10.9 Å². The predicted octanol–water partition coefficient (Wildman–Crippen LogP) is 3.90. The van der Waals surface area contributed by atoms with Crippen molar-refractivity contribution < 1.29 is 28.3 Å². The number of carbonyl (C=O) groups excluding carboxylic acids is 3. The van der Waals surface area contributed by atoms with Crippen molar-refractivity contribution in [3.8, 4) is 0 Å². The second-order valence-electron chi connectivity index (χ2n) is 7.76. The van der Waals surface area contributed by atoms with Crippen molar-refractivity contribution in [1.29, 1.82) is 0 Å². The normalized spacial score (nSPS) is 10.9. The Hall–Kier alpha value is -3.88. The highest BCUT2D eigenvalue weighted by molar-refractivity contribution is 6.09. The van der Waals surface area contributed by atoms with E-state index in [0.29, 0.717) is 0 Å². The lowest BCUT2D eigenvalue weighted by Crippen LogP contribution is -2.24. The lowest BCUT2D eigenvalue weighted by Gasteiger charge is -2.14. The third kappa shape index (κ3) is 4.88. The molecule has 2 heterocycles. The molecular weight excluding hydrogens is 440 g/mol. The summed E-state index contributed by atoms with van der Waals surface area (Å²) < 4.78 is 17.2. The van der Waals surface area contributed by atoms with E-state index in [1.54, 1.807) is 24.5 Å². The maximum atomic E-state index is 12.8. The first-order valence-corrected chi connectivity index (χ1v) is 11.1. The number of esters is 2. The van der Waals surface area contributed by atoms with Crippen LogP contribution in [0.5, 0.6) is 0 Å². The van der Waals surface area contributed by atoms with Crippen molar-refractivity contribution in [2.24, 2.45) is 0 Å². The Balaban J connectivity index is 1.89. The van der Waals surface area contributed by atoms with Gasteiger partial charge in [-0.2, -0.15) is 0 Å². The number of nitrogens with one attached hydrogen (secondary N) is 1. The summed E-state index contributed by atoms with van der Waals surface area (Å²) in [5, 5.41) is 3.48. The smallest absolute Gasteiger partial charge is 0.344 e. The van der Waals surface area contributed by atoms with Crippen LogP contribution in [0.2, 0.25) is 0 Å². The first-order valence-electron chi connectivity index (χ1n) is 11.1. The van der Waals surface area contributed by atoms with E-state index in [0.717, 1.165) is 22.0 Å². The Morgan fingerprint density at radius 2 is 1.62 bits per heavy atom. The molecule has 0 aliphatic carbocycles. The number of anilines is 1. The van der Waals surface area contributed by atoms with Crippen LogP contribution in [0.4, 0.5) is 5.88 Å². The molecule has 3 aromatic rings. The van der Waals surface area contributed by atoms with Gasteiger partial charge in [0.25, 0.3) is 5.56 Å². The zero-order valence-electron chi connectivity index (χ0n) is 19.9. The number of aryl methyl sites for hydroxylation is 4. The zero-order chi connectivity index (χ0) is 25.0. The number of benzene rings is 1. The molecule has 1 N–H and O–H groups in total. The van der Waals surface area contributed by atoms with Crippen molar-refractivity contribution >= 4 is 34.6 Å². The average Bonchev–Trinajstić information content (AvgIpc) is 3.10. The summed E-state index contributed by atoms with van der Waals surface area (Å²) in [5.74, 6) is -2.13. The molecule has 9 nitrogen and oxygen atoms in total. The second-order valence-corrected chi connectivity index (χ2v) is 7.76. The summed E-state index contributed by atoms with van der Waals surface area (Å²) in [6.07, 6.45) is -0.0663. The van der Waals surface area contributed by atoms with E-state index in [2.05, 4.69) is 5.32 Å². The van der Waals surface area contributed by atoms with Crippen molar-refractivity contribution in [3.63, 3.8) is 0 Å². The number of amides is 1. The van der Waals surface area contributed by atoms with E-state index in [1.807, 2.05) is 32.0 Å². The predicted molar refractivity (Wildman–Crippen MR) is 126 cm³/mol. The van der Waals surface area contributed by atoms with Crippen molar-refractivity contribution in [2.75, 3.05) is 18.5 Å². The van der Waals surface area contributed by atoms with Crippen LogP contribution in [-0.4, -0.2) is 35.6 Å². The lowest BCUT2D eigenvalue weighted by molar-refractivity contribution is -0.116. The molecule has 9 heteroatoms. The number of hydrogen-bond acceptors (Lipinski definition) is 7. The van der Waals surface area contributed by atoms with Gasteiger partial charge in [0.1, 0.15) is 16.9 Å². The van der Waals surface area contributed by atoms with Crippen LogP contribution in [0.1, 0.15) is 57.9 Å². The monoisotopic (exact) mass is 468 g/mol. The van der Waals surface area contributed by atoms with E-state index in [4.69, 9.17) is 13.9 Å².